The number of hydrogen-bond donors (Lipinski definition) is 3. The molecule has 3 N–H and O–H groups in total. The highest BCUT2D eigenvalue weighted by Gasteiger charge is 2.13. The van der Waals surface area contributed by atoms with Crippen LogP contribution in [0, 0.1) is 0 Å². The summed E-state index contributed by atoms with van der Waals surface area (Å²) in [5, 5.41) is 26.7. The summed E-state index contributed by atoms with van der Waals surface area (Å²) < 4.78 is 1.48. The van der Waals surface area contributed by atoms with Crippen molar-refractivity contribution >= 4 is 11.9 Å². The Hall–Kier alpha value is -1.96. The van der Waals surface area contributed by atoms with E-state index in [-0.39, 0.29) is 18.9 Å². The van der Waals surface area contributed by atoms with E-state index in [1.165, 1.54) is 10.9 Å². The van der Waals surface area contributed by atoms with Gasteiger partial charge in [0.25, 0.3) is 0 Å². The largest absolute Gasteiger partial charge is 0.479 e. The van der Waals surface area contributed by atoms with Gasteiger partial charge in [-0.2, -0.15) is 0 Å². The van der Waals surface area contributed by atoms with Crippen LogP contribution in [0.4, 0.5) is 0 Å². The summed E-state index contributed by atoms with van der Waals surface area (Å²) in [5.41, 5.74) is 0. The number of nitrogens with zero attached hydrogens (tertiary/aromatic N) is 3. The minimum atomic E-state index is -1.57. The average Bonchev–Trinajstić information content (AvgIpc) is 2.75. The first-order valence-corrected chi connectivity index (χ1v) is 4.61. The number of aliphatic hydroxyl groups is 1. The molecule has 0 saturated carbocycles. The zero-order valence-corrected chi connectivity index (χ0v) is 8.41. The van der Waals surface area contributed by atoms with Crippen LogP contribution in [-0.2, 0) is 16.1 Å². The maximum atomic E-state index is 11.2. The first kappa shape index (κ1) is 12.1. The lowest BCUT2D eigenvalue weighted by Crippen LogP contribution is -2.36. The molecule has 1 rings (SSSR count). The molecule has 0 bridgehead atoms. The van der Waals surface area contributed by atoms with E-state index in [4.69, 9.17) is 10.2 Å². The van der Waals surface area contributed by atoms with Crippen molar-refractivity contribution in [2.24, 2.45) is 0 Å². The molecule has 1 atom stereocenters. The number of carbonyl (C=O) groups is 2. The van der Waals surface area contributed by atoms with Crippen LogP contribution in [-0.4, -0.2) is 49.7 Å². The number of carboxylic acids is 1. The minimum Gasteiger partial charge on any atom is -0.479 e. The summed E-state index contributed by atoms with van der Waals surface area (Å²) in [5.74, 6) is -1.72. The van der Waals surface area contributed by atoms with Gasteiger partial charge in [0.15, 0.2) is 6.10 Å². The lowest BCUT2D eigenvalue weighted by molar-refractivity contribution is -0.146. The summed E-state index contributed by atoms with van der Waals surface area (Å²) in [6.07, 6.45) is 1.68. The topological polar surface area (TPSA) is 117 Å². The van der Waals surface area contributed by atoms with Gasteiger partial charge in [-0.15, -0.1) is 5.10 Å². The second-order valence-corrected chi connectivity index (χ2v) is 3.07. The van der Waals surface area contributed by atoms with Crippen LogP contribution in [0.3, 0.4) is 0 Å². The van der Waals surface area contributed by atoms with Crippen LogP contribution in [0.5, 0.6) is 0 Å². The van der Waals surface area contributed by atoms with Crippen molar-refractivity contribution in [3.05, 3.63) is 12.4 Å². The maximum Gasteiger partial charge on any atom is 0.334 e. The fourth-order valence-electron chi connectivity index (χ4n) is 0.954. The predicted molar refractivity (Wildman–Crippen MR) is 51.3 cm³/mol. The van der Waals surface area contributed by atoms with Crippen LogP contribution >= 0.6 is 0 Å². The van der Waals surface area contributed by atoms with Gasteiger partial charge in [0, 0.05) is 12.6 Å². The number of aliphatic carboxylic acids is 1. The molecular weight excluding hydrogens is 216 g/mol. The van der Waals surface area contributed by atoms with E-state index in [2.05, 4.69) is 15.6 Å². The van der Waals surface area contributed by atoms with Crippen LogP contribution < -0.4 is 5.32 Å². The summed E-state index contributed by atoms with van der Waals surface area (Å²) in [6, 6.07) is 0. The standard InChI is InChI=1S/C8H12N4O4/c13-6(8(15)16)5-9-7(14)1-3-12-4-2-10-11-12/h2,4,6,13H,1,3,5H2,(H,9,14)(H,15,16). The molecule has 0 radical (unpaired) electrons. The highest BCUT2D eigenvalue weighted by molar-refractivity contribution is 5.77. The molecule has 0 aliphatic carbocycles. The van der Waals surface area contributed by atoms with E-state index in [0.717, 1.165) is 0 Å². The van der Waals surface area contributed by atoms with E-state index >= 15 is 0 Å². The number of nitrogens with one attached hydrogen (secondary N) is 1. The molecule has 16 heavy (non-hydrogen) atoms. The number of aliphatic hydroxyl groups excluding tert-OH is 1. The molecule has 1 aromatic heterocycles. The van der Waals surface area contributed by atoms with Crippen molar-refractivity contribution in [3.63, 3.8) is 0 Å². The normalized spacial score (nSPS) is 12.1. The number of rotatable bonds is 6. The molecule has 1 heterocycles. The number of carboxylic acid groups (broad SMARTS) is 1. The smallest absolute Gasteiger partial charge is 0.334 e. The molecule has 1 aromatic rings. The number of hydrogen-bond acceptors (Lipinski definition) is 5. The lowest BCUT2D eigenvalue weighted by Gasteiger charge is -2.07. The van der Waals surface area contributed by atoms with Gasteiger partial charge in [0.1, 0.15) is 0 Å². The highest BCUT2D eigenvalue weighted by Crippen LogP contribution is 1.88. The molecule has 8 nitrogen and oxygen atoms in total. The van der Waals surface area contributed by atoms with Gasteiger partial charge in [-0.25, -0.2) is 4.79 Å². The number of amides is 1. The number of carbonyl (C=O) groups excluding carboxylic acids is 1. The van der Waals surface area contributed by atoms with Gasteiger partial charge in [0.2, 0.25) is 5.91 Å². The van der Waals surface area contributed by atoms with E-state index in [1.54, 1.807) is 6.20 Å². The van der Waals surface area contributed by atoms with Gasteiger partial charge in [-0.3, -0.25) is 9.48 Å². The summed E-state index contributed by atoms with van der Waals surface area (Å²) in [4.78, 5) is 21.4. The number of aryl methyl sites for hydroxylation is 1. The minimum absolute atomic E-state index is 0.149. The summed E-state index contributed by atoms with van der Waals surface area (Å²) >= 11 is 0. The Morgan fingerprint density at radius 2 is 2.25 bits per heavy atom. The maximum absolute atomic E-state index is 11.2. The quantitative estimate of drug-likeness (QED) is 0.530. The Kier molecular flexibility index (Phi) is 4.40. The zero-order valence-electron chi connectivity index (χ0n) is 8.41. The third-order valence-corrected chi connectivity index (χ3v) is 1.82. The Labute approximate surface area is 90.9 Å². The Balaban J connectivity index is 2.19. The van der Waals surface area contributed by atoms with E-state index in [9.17, 15) is 9.59 Å². The van der Waals surface area contributed by atoms with Crippen LogP contribution in [0.2, 0.25) is 0 Å². The molecule has 0 spiro atoms. The molecule has 0 aromatic carbocycles. The monoisotopic (exact) mass is 228 g/mol. The Bertz CT molecular complexity index is 351. The lowest BCUT2D eigenvalue weighted by atomic mass is 10.3. The van der Waals surface area contributed by atoms with E-state index in [0.29, 0.717) is 6.54 Å². The molecule has 0 aliphatic rings. The second-order valence-electron chi connectivity index (χ2n) is 3.07. The highest BCUT2D eigenvalue weighted by atomic mass is 16.4. The van der Waals surface area contributed by atoms with Gasteiger partial charge in [-0.1, -0.05) is 5.21 Å². The Morgan fingerprint density at radius 3 is 2.81 bits per heavy atom. The zero-order chi connectivity index (χ0) is 12.0. The van der Waals surface area contributed by atoms with Crippen LogP contribution in [0.25, 0.3) is 0 Å². The molecule has 88 valence electrons. The molecular formula is C8H12N4O4. The van der Waals surface area contributed by atoms with Gasteiger partial charge in [-0.05, 0) is 0 Å². The van der Waals surface area contributed by atoms with Crippen LogP contribution in [0.15, 0.2) is 12.4 Å². The van der Waals surface area contributed by atoms with E-state index < -0.39 is 12.1 Å². The second kappa shape index (κ2) is 5.81. The molecule has 1 unspecified atom stereocenters. The predicted octanol–water partition coefficient (Wildman–Crippen LogP) is -1.77. The third kappa shape index (κ3) is 4.05. The summed E-state index contributed by atoms with van der Waals surface area (Å²) in [7, 11) is 0. The number of aromatic nitrogens is 3. The first-order valence-electron chi connectivity index (χ1n) is 4.61. The fourth-order valence-corrected chi connectivity index (χ4v) is 0.954. The van der Waals surface area contributed by atoms with E-state index in [1.807, 2.05) is 0 Å². The molecule has 0 aliphatic heterocycles. The van der Waals surface area contributed by atoms with Crippen molar-refractivity contribution < 1.29 is 19.8 Å². The molecule has 8 heteroatoms. The van der Waals surface area contributed by atoms with Gasteiger partial charge < -0.3 is 15.5 Å². The Morgan fingerprint density at radius 1 is 1.50 bits per heavy atom. The fraction of sp³-hybridized carbons (Fsp3) is 0.500. The van der Waals surface area contributed by atoms with Crippen LogP contribution in [0.1, 0.15) is 6.42 Å². The molecule has 0 fully saturated rings. The third-order valence-electron chi connectivity index (χ3n) is 1.82. The SMILES string of the molecule is O=C(CCn1ccnn1)NCC(O)C(=O)O. The average molecular weight is 228 g/mol. The van der Waals surface area contributed by atoms with Crippen molar-refractivity contribution in [2.45, 2.75) is 19.1 Å². The molecule has 1 amide bonds. The van der Waals surface area contributed by atoms with Gasteiger partial charge >= 0.3 is 5.97 Å². The van der Waals surface area contributed by atoms with Crippen molar-refractivity contribution in [1.82, 2.24) is 20.3 Å². The molecule has 0 saturated heterocycles. The van der Waals surface area contributed by atoms with Crippen molar-refractivity contribution in [3.8, 4) is 0 Å². The first-order chi connectivity index (χ1) is 7.59. The van der Waals surface area contributed by atoms with Crippen molar-refractivity contribution in [1.29, 1.82) is 0 Å². The van der Waals surface area contributed by atoms with Crippen molar-refractivity contribution in [2.75, 3.05) is 6.54 Å². The summed E-state index contributed by atoms with van der Waals surface area (Å²) in [6.45, 7) is 0.0561. The van der Waals surface area contributed by atoms with Gasteiger partial charge in [0.05, 0.1) is 19.3 Å².